The van der Waals surface area contributed by atoms with E-state index < -0.39 is 0 Å². The second-order valence-corrected chi connectivity index (χ2v) is 6.33. The number of carbonyl (C=O) groups excluding carboxylic acids is 1. The molecule has 2 aromatic rings. The third-order valence-corrected chi connectivity index (χ3v) is 4.10. The third kappa shape index (κ3) is 6.90. The van der Waals surface area contributed by atoms with Crippen molar-refractivity contribution >= 4 is 40.8 Å². The molecule has 6 nitrogen and oxygen atoms in total. The standard InChI is InChI=1S/C18H21Cl2N5O/c1-21-18(24-12-17(26)25-15-5-3-8-22-11-15)23-9-2-4-13-6-7-14(19)10-16(13)20/h3,5-8,10-11H,2,4,9,12H2,1H3,(H,25,26)(H2,21,23,24). The molecule has 1 heterocycles. The van der Waals surface area contributed by atoms with Gasteiger partial charge in [-0.05, 0) is 42.7 Å². The summed E-state index contributed by atoms with van der Waals surface area (Å²) < 4.78 is 0. The number of pyridine rings is 1. The quantitative estimate of drug-likeness (QED) is 0.383. The maximum atomic E-state index is 11.9. The van der Waals surface area contributed by atoms with Crippen molar-refractivity contribution in [2.24, 2.45) is 4.99 Å². The summed E-state index contributed by atoms with van der Waals surface area (Å²) in [6.07, 6.45) is 4.93. The first-order chi connectivity index (χ1) is 12.6. The van der Waals surface area contributed by atoms with Gasteiger partial charge in [-0.1, -0.05) is 29.3 Å². The minimum Gasteiger partial charge on any atom is -0.356 e. The molecule has 0 unspecified atom stereocenters. The summed E-state index contributed by atoms with van der Waals surface area (Å²) >= 11 is 12.1. The number of hydrogen-bond acceptors (Lipinski definition) is 3. The van der Waals surface area contributed by atoms with Crippen LogP contribution < -0.4 is 16.0 Å². The Labute approximate surface area is 163 Å². The van der Waals surface area contributed by atoms with Gasteiger partial charge in [-0.15, -0.1) is 0 Å². The molecule has 1 amide bonds. The van der Waals surface area contributed by atoms with Gasteiger partial charge in [-0.2, -0.15) is 0 Å². The highest BCUT2D eigenvalue weighted by Gasteiger charge is 2.05. The van der Waals surface area contributed by atoms with Gasteiger partial charge in [0, 0.05) is 29.8 Å². The Bertz CT molecular complexity index is 753. The first kappa shape index (κ1) is 20.0. The summed E-state index contributed by atoms with van der Waals surface area (Å²) in [5.74, 6) is 0.391. The topological polar surface area (TPSA) is 78.4 Å². The normalized spacial score (nSPS) is 11.1. The minimum atomic E-state index is -0.172. The first-order valence-corrected chi connectivity index (χ1v) is 8.92. The average Bonchev–Trinajstić information content (AvgIpc) is 2.63. The zero-order valence-corrected chi connectivity index (χ0v) is 15.9. The summed E-state index contributed by atoms with van der Waals surface area (Å²) in [6, 6.07) is 9.04. The molecular weight excluding hydrogens is 373 g/mol. The van der Waals surface area contributed by atoms with Gasteiger partial charge >= 0.3 is 0 Å². The van der Waals surface area contributed by atoms with Crippen LogP contribution in [0.15, 0.2) is 47.7 Å². The molecule has 8 heteroatoms. The van der Waals surface area contributed by atoms with E-state index in [-0.39, 0.29) is 12.5 Å². The fraction of sp³-hybridized carbons (Fsp3) is 0.278. The molecule has 0 atom stereocenters. The van der Waals surface area contributed by atoms with E-state index >= 15 is 0 Å². The number of amides is 1. The maximum Gasteiger partial charge on any atom is 0.243 e. The molecule has 0 radical (unpaired) electrons. The Morgan fingerprint density at radius 1 is 1.23 bits per heavy atom. The van der Waals surface area contributed by atoms with Crippen LogP contribution in [0.5, 0.6) is 0 Å². The molecule has 1 aromatic heterocycles. The molecular formula is C18H21Cl2N5O. The monoisotopic (exact) mass is 393 g/mol. The van der Waals surface area contributed by atoms with E-state index in [2.05, 4.69) is 25.9 Å². The van der Waals surface area contributed by atoms with Crippen LogP contribution >= 0.6 is 23.2 Å². The van der Waals surface area contributed by atoms with Crippen molar-refractivity contribution in [3.8, 4) is 0 Å². The SMILES string of the molecule is CN=C(NCCCc1ccc(Cl)cc1Cl)NCC(=O)Nc1cccnc1. The second kappa shape index (κ2) is 10.6. The minimum absolute atomic E-state index is 0.109. The molecule has 26 heavy (non-hydrogen) atoms. The number of rotatable bonds is 7. The summed E-state index contributed by atoms with van der Waals surface area (Å²) in [5.41, 5.74) is 1.71. The van der Waals surface area contributed by atoms with E-state index in [0.29, 0.717) is 28.2 Å². The number of anilines is 1. The molecule has 138 valence electrons. The van der Waals surface area contributed by atoms with Gasteiger partial charge in [0.25, 0.3) is 0 Å². The Morgan fingerprint density at radius 2 is 2.08 bits per heavy atom. The van der Waals surface area contributed by atoms with Crippen LogP contribution in [-0.4, -0.2) is 37.0 Å². The van der Waals surface area contributed by atoms with Crippen molar-refractivity contribution < 1.29 is 4.79 Å². The number of nitrogens with one attached hydrogen (secondary N) is 3. The smallest absolute Gasteiger partial charge is 0.243 e. The van der Waals surface area contributed by atoms with Crippen molar-refractivity contribution in [2.75, 3.05) is 25.5 Å². The first-order valence-electron chi connectivity index (χ1n) is 8.17. The van der Waals surface area contributed by atoms with E-state index in [1.165, 1.54) is 0 Å². The van der Waals surface area contributed by atoms with Gasteiger partial charge in [0.05, 0.1) is 18.4 Å². The molecule has 0 aliphatic carbocycles. The number of carbonyl (C=O) groups is 1. The zero-order valence-electron chi connectivity index (χ0n) is 14.4. The van der Waals surface area contributed by atoms with Gasteiger partial charge in [0.2, 0.25) is 5.91 Å². The predicted molar refractivity (Wildman–Crippen MR) is 107 cm³/mol. The summed E-state index contributed by atoms with van der Waals surface area (Å²) in [5, 5.41) is 10.2. The number of hydrogen-bond donors (Lipinski definition) is 3. The van der Waals surface area contributed by atoms with Crippen LogP contribution in [0.4, 0.5) is 5.69 Å². The average molecular weight is 394 g/mol. The highest BCUT2D eigenvalue weighted by molar-refractivity contribution is 6.35. The lowest BCUT2D eigenvalue weighted by atomic mass is 10.1. The van der Waals surface area contributed by atoms with E-state index in [0.717, 1.165) is 18.4 Å². The molecule has 0 spiro atoms. The van der Waals surface area contributed by atoms with Crippen LogP contribution in [0.2, 0.25) is 10.0 Å². The molecule has 0 aliphatic heterocycles. The Hall–Kier alpha value is -2.31. The van der Waals surface area contributed by atoms with Gasteiger partial charge < -0.3 is 16.0 Å². The maximum absolute atomic E-state index is 11.9. The van der Waals surface area contributed by atoms with E-state index in [9.17, 15) is 4.79 Å². The fourth-order valence-electron chi connectivity index (χ4n) is 2.24. The fourth-order valence-corrected chi connectivity index (χ4v) is 2.74. The highest BCUT2D eigenvalue weighted by Crippen LogP contribution is 2.21. The second-order valence-electron chi connectivity index (χ2n) is 5.48. The number of halogens is 2. The van der Waals surface area contributed by atoms with E-state index in [1.807, 2.05) is 12.1 Å². The van der Waals surface area contributed by atoms with Crippen LogP contribution in [0, 0.1) is 0 Å². The summed E-state index contributed by atoms with van der Waals surface area (Å²) in [6.45, 7) is 0.806. The van der Waals surface area contributed by atoms with Crippen molar-refractivity contribution in [2.45, 2.75) is 12.8 Å². The Balaban J connectivity index is 1.68. The van der Waals surface area contributed by atoms with Crippen molar-refractivity contribution in [3.05, 3.63) is 58.3 Å². The molecule has 2 rings (SSSR count). The van der Waals surface area contributed by atoms with E-state index in [4.69, 9.17) is 23.2 Å². The number of aromatic nitrogens is 1. The number of guanidine groups is 1. The summed E-state index contributed by atoms with van der Waals surface area (Å²) in [7, 11) is 1.66. The molecule has 3 N–H and O–H groups in total. The number of benzene rings is 1. The van der Waals surface area contributed by atoms with Gasteiger partial charge in [-0.3, -0.25) is 14.8 Å². The summed E-state index contributed by atoms with van der Waals surface area (Å²) in [4.78, 5) is 19.9. The molecule has 0 aliphatic rings. The largest absolute Gasteiger partial charge is 0.356 e. The lowest BCUT2D eigenvalue weighted by Crippen LogP contribution is -2.41. The lowest BCUT2D eigenvalue weighted by molar-refractivity contribution is -0.115. The Kier molecular flexibility index (Phi) is 8.18. The van der Waals surface area contributed by atoms with Crippen molar-refractivity contribution in [3.63, 3.8) is 0 Å². The van der Waals surface area contributed by atoms with Crippen LogP contribution in [0.1, 0.15) is 12.0 Å². The van der Waals surface area contributed by atoms with Crippen LogP contribution in [0.25, 0.3) is 0 Å². The zero-order chi connectivity index (χ0) is 18.8. The third-order valence-electron chi connectivity index (χ3n) is 3.52. The molecule has 0 saturated carbocycles. The predicted octanol–water partition coefficient (Wildman–Crippen LogP) is 3.12. The molecule has 1 aromatic carbocycles. The molecule has 0 bridgehead atoms. The number of nitrogens with zero attached hydrogens (tertiary/aromatic N) is 2. The molecule has 0 fully saturated rings. The van der Waals surface area contributed by atoms with E-state index in [1.54, 1.807) is 37.6 Å². The number of aryl methyl sites for hydroxylation is 1. The van der Waals surface area contributed by atoms with Gasteiger partial charge in [-0.25, -0.2) is 0 Å². The van der Waals surface area contributed by atoms with Crippen LogP contribution in [0.3, 0.4) is 0 Å². The number of aliphatic imine (C=N–C) groups is 1. The van der Waals surface area contributed by atoms with Gasteiger partial charge in [0.1, 0.15) is 0 Å². The highest BCUT2D eigenvalue weighted by atomic mass is 35.5. The van der Waals surface area contributed by atoms with Crippen molar-refractivity contribution in [1.29, 1.82) is 0 Å². The lowest BCUT2D eigenvalue weighted by Gasteiger charge is -2.12. The Morgan fingerprint density at radius 3 is 2.77 bits per heavy atom. The van der Waals surface area contributed by atoms with Crippen molar-refractivity contribution in [1.82, 2.24) is 15.6 Å². The van der Waals surface area contributed by atoms with Gasteiger partial charge in [0.15, 0.2) is 5.96 Å². The van der Waals surface area contributed by atoms with Crippen LogP contribution in [-0.2, 0) is 11.2 Å². The molecule has 0 saturated heterocycles.